The summed E-state index contributed by atoms with van der Waals surface area (Å²) in [6.45, 7) is 0.887. The lowest BCUT2D eigenvalue weighted by molar-refractivity contribution is -0.152. The number of hydrogen-bond donors (Lipinski definition) is 5. The van der Waals surface area contributed by atoms with Crippen LogP contribution in [0, 0.1) is 0 Å². The van der Waals surface area contributed by atoms with Gasteiger partial charge < -0.3 is 31.3 Å². The van der Waals surface area contributed by atoms with E-state index in [4.69, 9.17) is 15.9 Å². The van der Waals surface area contributed by atoms with Crippen molar-refractivity contribution in [2.24, 2.45) is 5.73 Å². The van der Waals surface area contributed by atoms with Crippen molar-refractivity contribution in [1.29, 1.82) is 0 Å². The number of rotatable bonds is 14. The number of thioether (sulfide) groups is 1. The lowest BCUT2D eigenvalue weighted by atomic mass is 10.1. The Morgan fingerprint density at radius 2 is 1.79 bits per heavy atom. The molecule has 0 aliphatic rings. The monoisotopic (exact) mass is 421 g/mol. The van der Waals surface area contributed by atoms with Gasteiger partial charge in [-0.3, -0.25) is 24.0 Å². The van der Waals surface area contributed by atoms with Crippen molar-refractivity contribution in [2.75, 3.05) is 24.7 Å². The molecule has 158 valence electrons. The van der Waals surface area contributed by atoms with Gasteiger partial charge in [-0.2, -0.15) is 11.8 Å². The maximum Gasteiger partial charge on any atom is 0.375 e. The van der Waals surface area contributed by atoms with Gasteiger partial charge in [-0.1, -0.05) is 0 Å². The maximum absolute atomic E-state index is 12.0. The molecule has 2 atom stereocenters. The molecular weight excluding hydrogens is 398 g/mol. The van der Waals surface area contributed by atoms with Gasteiger partial charge >= 0.3 is 17.9 Å². The first-order valence-electron chi connectivity index (χ1n) is 8.13. The zero-order chi connectivity index (χ0) is 21.7. The molecule has 12 nitrogen and oxygen atoms in total. The molecule has 0 spiro atoms. The third-order valence-electron chi connectivity index (χ3n) is 3.09. The lowest BCUT2D eigenvalue weighted by Gasteiger charge is -2.18. The number of ketones is 1. The number of aliphatic carboxylic acids is 2. The number of carbonyl (C=O) groups is 6. The molecule has 0 radical (unpaired) electrons. The van der Waals surface area contributed by atoms with E-state index in [0.717, 1.165) is 11.8 Å². The Hall–Kier alpha value is -2.67. The molecule has 0 fully saturated rings. The number of hydrogen-bond acceptors (Lipinski definition) is 9. The third-order valence-corrected chi connectivity index (χ3v) is 4.12. The minimum absolute atomic E-state index is 0.0317. The van der Waals surface area contributed by atoms with Crippen LogP contribution in [0.3, 0.4) is 0 Å². The Bertz CT molecular complexity index is 612. The first-order chi connectivity index (χ1) is 13.1. The third kappa shape index (κ3) is 11.1. The van der Waals surface area contributed by atoms with Crippen LogP contribution in [0.15, 0.2) is 0 Å². The van der Waals surface area contributed by atoms with Crippen molar-refractivity contribution in [3.05, 3.63) is 0 Å². The van der Waals surface area contributed by atoms with Gasteiger partial charge in [0.25, 0.3) is 0 Å². The quantitative estimate of drug-likeness (QED) is 0.149. The van der Waals surface area contributed by atoms with Gasteiger partial charge in [0.2, 0.25) is 17.6 Å². The maximum atomic E-state index is 12.0. The number of amides is 2. The van der Waals surface area contributed by atoms with E-state index < -0.39 is 54.1 Å². The number of ether oxygens (including phenoxy) is 1. The number of carboxylic acids is 2. The summed E-state index contributed by atoms with van der Waals surface area (Å²) in [6, 6.07) is -2.45. The van der Waals surface area contributed by atoms with E-state index in [1.165, 1.54) is 6.92 Å². The molecule has 6 N–H and O–H groups in total. The fourth-order valence-corrected chi connectivity index (χ4v) is 2.58. The van der Waals surface area contributed by atoms with Gasteiger partial charge in [0.1, 0.15) is 18.6 Å². The number of Topliss-reactive ketones (excluding diaryl/α,β-unsaturated/α-hetero) is 1. The summed E-state index contributed by atoms with van der Waals surface area (Å²) in [7, 11) is 0. The average Bonchev–Trinajstić information content (AvgIpc) is 2.62. The molecule has 0 aliphatic heterocycles. The summed E-state index contributed by atoms with van der Waals surface area (Å²) >= 11 is 0.865. The molecule has 13 heteroatoms. The van der Waals surface area contributed by atoms with E-state index in [0.29, 0.717) is 0 Å². The van der Waals surface area contributed by atoms with E-state index in [1.807, 2.05) is 0 Å². The predicted molar refractivity (Wildman–Crippen MR) is 96.4 cm³/mol. The van der Waals surface area contributed by atoms with Crippen LogP contribution in [-0.2, 0) is 33.5 Å². The Balaban J connectivity index is 4.73. The van der Waals surface area contributed by atoms with E-state index >= 15 is 0 Å². The second-order valence-electron chi connectivity index (χ2n) is 5.37. The standard InChI is InChI=1S/C15H23N3O9S/c1-2-27-15(26)10(19)7-28-6-9(13(23)17-5-12(21)22)18-11(20)4-3-8(16)14(24)25/h8-9H,2-7,16H2,1H3,(H,17,23)(H,18,20)(H,21,22)(H,24,25). The Kier molecular flexibility index (Phi) is 12.2. The van der Waals surface area contributed by atoms with Gasteiger partial charge in [-0.15, -0.1) is 0 Å². The van der Waals surface area contributed by atoms with Crippen LogP contribution >= 0.6 is 11.8 Å². The van der Waals surface area contributed by atoms with E-state index in [9.17, 15) is 28.8 Å². The lowest BCUT2D eigenvalue weighted by Crippen LogP contribution is -2.49. The van der Waals surface area contributed by atoms with Crippen molar-refractivity contribution in [1.82, 2.24) is 10.6 Å². The second kappa shape index (κ2) is 13.5. The molecule has 0 aromatic carbocycles. The van der Waals surface area contributed by atoms with Crippen LogP contribution in [0.25, 0.3) is 0 Å². The van der Waals surface area contributed by atoms with Crippen LogP contribution < -0.4 is 16.4 Å². The Morgan fingerprint density at radius 1 is 1.14 bits per heavy atom. The summed E-state index contributed by atoms with van der Waals surface area (Å²) in [6.07, 6.45) is -0.443. The van der Waals surface area contributed by atoms with Crippen LogP contribution in [-0.4, -0.2) is 82.5 Å². The predicted octanol–water partition coefficient (Wildman–Crippen LogP) is -2.27. The molecule has 0 rings (SSSR count). The SMILES string of the molecule is CCOC(=O)C(=O)CSCC(NC(=O)CCC(N)C(=O)O)C(=O)NCC(=O)O. The molecule has 0 bridgehead atoms. The van der Waals surface area contributed by atoms with Crippen molar-refractivity contribution in [3.63, 3.8) is 0 Å². The summed E-state index contributed by atoms with van der Waals surface area (Å²) in [5.74, 6) is -6.34. The van der Waals surface area contributed by atoms with Crippen molar-refractivity contribution in [3.8, 4) is 0 Å². The van der Waals surface area contributed by atoms with Crippen LogP contribution in [0.1, 0.15) is 19.8 Å². The van der Waals surface area contributed by atoms with E-state index in [1.54, 1.807) is 0 Å². The number of carboxylic acid groups (broad SMARTS) is 2. The molecule has 0 aromatic heterocycles. The highest BCUT2D eigenvalue weighted by atomic mass is 32.2. The van der Waals surface area contributed by atoms with Crippen molar-refractivity contribution >= 4 is 47.3 Å². The topological polar surface area (TPSA) is 202 Å². The zero-order valence-corrected chi connectivity index (χ0v) is 16.0. The van der Waals surface area contributed by atoms with Crippen molar-refractivity contribution < 1.29 is 43.7 Å². The largest absolute Gasteiger partial charge is 0.480 e. The number of nitrogens with one attached hydrogen (secondary N) is 2. The van der Waals surface area contributed by atoms with Crippen LogP contribution in [0.5, 0.6) is 0 Å². The minimum Gasteiger partial charge on any atom is -0.480 e. The zero-order valence-electron chi connectivity index (χ0n) is 15.1. The normalized spacial score (nSPS) is 12.4. The second-order valence-corrected chi connectivity index (χ2v) is 6.40. The fourth-order valence-electron chi connectivity index (χ4n) is 1.69. The first kappa shape index (κ1) is 25.3. The Labute approximate surface area is 164 Å². The summed E-state index contributed by atoms with van der Waals surface area (Å²) in [5, 5.41) is 21.7. The van der Waals surface area contributed by atoms with Gasteiger partial charge in [0.05, 0.1) is 12.4 Å². The molecule has 0 aromatic rings. The van der Waals surface area contributed by atoms with Crippen LogP contribution in [0.4, 0.5) is 0 Å². The average molecular weight is 421 g/mol. The molecule has 2 amide bonds. The molecule has 0 aliphatic carbocycles. The van der Waals surface area contributed by atoms with Crippen molar-refractivity contribution in [2.45, 2.75) is 31.8 Å². The van der Waals surface area contributed by atoms with E-state index in [-0.39, 0.29) is 31.0 Å². The summed E-state index contributed by atoms with van der Waals surface area (Å²) in [5.41, 5.74) is 5.29. The number of carbonyl (C=O) groups excluding carboxylic acids is 4. The van der Waals surface area contributed by atoms with Gasteiger partial charge in [0.15, 0.2) is 0 Å². The molecular formula is C15H23N3O9S. The molecule has 0 saturated heterocycles. The summed E-state index contributed by atoms with van der Waals surface area (Å²) in [4.78, 5) is 67.9. The molecule has 0 saturated carbocycles. The fraction of sp³-hybridized carbons (Fsp3) is 0.600. The minimum atomic E-state index is -1.30. The number of esters is 1. The van der Waals surface area contributed by atoms with E-state index in [2.05, 4.69) is 15.4 Å². The molecule has 0 heterocycles. The highest BCUT2D eigenvalue weighted by Gasteiger charge is 2.24. The highest BCUT2D eigenvalue weighted by molar-refractivity contribution is 8.00. The summed E-state index contributed by atoms with van der Waals surface area (Å²) < 4.78 is 4.54. The number of nitrogens with two attached hydrogens (primary N) is 1. The smallest absolute Gasteiger partial charge is 0.375 e. The van der Waals surface area contributed by atoms with Gasteiger partial charge in [-0.25, -0.2) is 4.79 Å². The first-order valence-corrected chi connectivity index (χ1v) is 9.28. The van der Waals surface area contributed by atoms with Gasteiger partial charge in [-0.05, 0) is 13.3 Å². The van der Waals surface area contributed by atoms with Gasteiger partial charge in [0, 0.05) is 12.2 Å². The molecule has 2 unspecified atom stereocenters. The van der Waals surface area contributed by atoms with Crippen LogP contribution in [0.2, 0.25) is 0 Å². The highest BCUT2D eigenvalue weighted by Crippen LogP contribution is 2.06. The molecule has 28 heavy (non-hydrogen) atoms. The Morgan fingerprint density at radius 3 is 2.32 bits per heavy atom.